The van der Waals surface area contributed by atoms with Gasteiger partial charge < -0.3 is 18.9 Å². The number of carbonyl (C=O) groups excluding carboxylic acids is 2. The van der Waals surface area contributed by atoms with E-state index in [-0.39, 0.29) is 29.9 Å². The van der Waals surface area contributed by atoms with Crippen molar-refractivity contribution in [3.63, 3.8) is 0 Å². The summed E-state index contributed by atoms with van der Waals surface area (Å²) in [4.78, 5) is 27.3. The average Bonchev–Trinajstić information content (AvgIpc) is 3.44. The highest BCUT2D eigenvalue weighted by Gasteiger charge is 2.39. The summed E-state index contributed by atoms with van der Waals surface area (Å²) in [5.41, 5.74) is -0.728. The first-order valence-electron chi connectivity index (χ1n) is 11.4. The van der Waals surface area contributed by atoms with Crippen LogP contribution in [0, 0.1) is 5.92 Å². The summed E-state index contributed by atoms with van der Waals surface area (Å²) >= 11 is 0. The minimum Gasteiger partial charge on any atom is -0.353 e. The second-order valence-electron chi connectivity index (χ2n) is 9.96. The van der Waals surface area contributed by atoms with Gasteiger partial charge in [0.25, 0.3) is 5.91 Å². The summed E-state index contributed by atoms with van der Waals surface area (Å²) in [5.74, 6) is -0.00693. The summed E-state index contributed by atoms with van der Waals surface area (Å²) in [7, 11) is 1.69. The summed E-state index contributed by atoms with van der Waals surface area (Å²) in [6.07, 6.45) is 6.86. The van der Waals surface area contributed by atoms with Crippen molar-refractivity contribution in [2.45, 2.75) is 89.9 Å². The molecule has 8 nitrogen and oxygen atoms in total. The van der Waals surface area contributed by atoms with Crippen LogP contribution in [0.25, 0.3) is 0 Å². The maximum absolute atomic E-state index is 13.0. The van der Waals surface area contributed by atoms with E-state index in [9.17, 15) is 9.59 Å². The Morgan fingerprint density at radius 1 is 1.16 bits per heavy atom. The number of carbonyl (C=O) groups is 2. The van der Waals surface area contributed by atoms with Crippen LogP contribution in [0.2, 0.25) is 0 Å². The predicted octanol–water partition coefficient (Wildman–Crippen LogP) is 3.86. The van der Waals surface area contributed by atoms with Gasteiger partial charge in [-0.15, -0.1) is 0 Å². The van der Waals surface area contributed by atoms with Crippen molar-refractivity contribution in [2.75, 3.05) is 25.6 Å². The minimum absolute atomic E-state index is 0.0166. The fourth-order valence-electron chi connectivity index (χ4n) is 4.01. The number of aromatic nitrogens is 1. The first-order chi connectivity index (χ1) is 14.6. The van der Waals surface area contributed by atoms with Crippen LogP contribution in [-0.2, 0) is 24.5 Å². The minimum atomic E-state index is -1.01. The molecule has 1 aliphatic heterocycles. The normalized spacial score (nSPS) is 20.6. The quantitative estimate of drug-likeness (QED) is 0.666. The van der Waals surface area contributed by atoms with Crippen molar-refractivity contribution in [1.82, 2.24) is 10.1 Å². The van der Waals surface area contributed by atoms with Gasteiger partial charge >= 0.3 is 0 Å². The van der Waals surface area contributed by atoms with Crippen LogP contribution in [0.1, 0.15) is 78.3 Å². The van der Waals surface area contributed by atoms with E-state index in [1.54, 1.807) is 31.9 Å². The average molecular weight is 436 g/mol. The van der Waals surface area contributed by atoms with Gasteiger partial charge in [-0.2, -0.15) is 0 Å². The lowest BCUT2D eigenvalue weighted by Crippen LogP contribution is -2.54. The number of hydrogen-bond donors (Lipinski definition) is 1. The number of nitrogens with zero attached hydrogens (tertiary/aromatic N) is 2. The lowest BCUT2D eigenvalue weighted by molar-refractivity contribution is -0.170. The molecule has 8 heteroatoms. The van der Waals surface area contributed by atoms with Gasteiger partial charge in [-0.25, -0.2) is 0 Å². The number of ether oxygens (including phenoxy) is 2. The first kappa shape index (κ1) is 23.7. The SMILES string of the molecule is CN(C(=O)C1CCCC1)C(C)(C)C(=O)Nc1cc(C(C)(C)COC2CCCCO2)no1. The molecule has 174 valence electrons. The second kappa shape index (κ2) is 9.69. The molecule has 0 spiro atoms. The molecule has 0 radical (unpaired) electrons. The molecule has 2 amide bonds. The van der Waals surface area contributed by atoms with Gasteiger partial charge in [0, 0.05) is 31.1 Å². The zero-order valence-electron chi connectivity index (χ0n) is 19.5. The molecule has 1 aromatic heterocycles. The molecule has 1 saturated carbocycles. The van der Waals surface area contributed by atoms with Gasteiger partial charge in [0.05, 0.1) is 12.3 Å². The van der Waals surface area contributed by atoms with Crippen LogP contribution >= 0.6 is 0 Å². The van der Waals surface area contributed by atoms with Gasteiger partial charge in [-0.3, -0.25) is 14.9 Å². The van der Waals surface area contributed by atoms with Gasteiger partial charge in [0.1, 0.15) is 5.54 Å². The molecule has 1 N–H and O–H groups in total. The van der Waals surface area contributed by atoms with Gasteiger partial charge in [0.2, 0.25) is 11.8 Å². The smallest absolute Gasteiger partial charge is 0.252 e. The molecule has 1 saturated heterocycles. The Balaban J connectivity index is 1.58. The third kappa shape index (κ3) is 5.66. The highest BCUT2D eigenvalue weighted by Crippen LogP contribution is 2.30. The summed E-state index contributed by atoms with van der Waals surface area (Å²) in [6.45, 7) is 8.68. The zero-order valence-corrected chi connectivity index (χ0v) is 19.5. The number of hydrogen-bond acceptors (Lipinski definition) is 6. The summed E-state index contributed by atoms with van der Waals surface area (Å²) in [6, 6.07) is 1.72. The Morgan fingerprint density at radius 3 is 2.48 bits per heavy atom. The molecule has 0 bridgehead atoms. The van der Waals surface area contributed by atoms with Crippen LogP contribution in [0.3, 0.4) is 0 Å². The van der Waals surface area contributed by atoms with E-state index in [0.29, 0.717) is 12.3 Å². The molecule has 2 fully saturated rings. The number of likely N-dealkylation sites (N-methyl/N-ethyl adjacent to an activating group) is 1. The van der Waals surface area contributed by atoms with E-state index < -0.39 is 11.0 Å². The summed E-state index contributed by atoms with van der Waals surface area (Å²) < 4.78 is 16.9. The largest absolute Gasteiger partial charge is 0.353 e. The van der Waals surface area contributed by atoms with Crippen LogP contribution in [0.4, 0.5) is 5.88 Å². The molecule has 1 atom stereocenters. The third-order valence-corrected chi connectivity index (χ3v) is 6.64. The summed E-state index contributed by atoms with van der Waals surface area (Å²) in [5, 5.41) is 6.92. The lowest BCUT2D eigenvalue weighted by atomic mass is 9.90. The zero-order chi connectivity index (χ0) is 22.6. The highest BCUT2D eigenvalue weighted by atomic mass is 16.7. The van der Waals surface area contributed by atoms with Crippen LogP contribution < -0.4 is 5.32 Å². The Kier molecular flexibility index (Phi) is 7.42. The Morgan fingerprint density at radius 2 is 1.84 bits per heavy atom. The number of anilines is 1. The van der Waals surface area contributed by atoms with Crippen molar-refractivity contribution in [2.24, 2.45) is 5.92 Å². The van der Waals surface area contributed by atoms with E-state index in [4.69, 9.17) is 14.0 Å². The molecule has 1 aromatic rings. The predicted molar refractivity (Wildman–Crippen MR) is 117 cm³/mol. The molecule has 31 heavy (non-hydrogen) atoms. The van der Waals surface area contributed by atoms with Crippen molar-refractivity contribution in [1.29, 1.82) is 0 Å². The first-order valence-corrected chi connectivity index (χ1v) is 11.4. The van der Waals surface area contributed by atoms with Crippen LogP contribution in [-0.4, -0.2) is 54.0 Å². The van der Waals surface area contributed by atoms with E-state index in [1.807, 2.05) is 13.8 Å². The second-order valence-corrected chi connectivity index (χ2v) is 9.96. The Labute approximate surface area is 185 Å². The fraction of sp³-hybridized carbons (Fsp3) is 0.783. The maximum Gasteiger partial charge on any atom is 0.252 e. The number of nitrogens with one attached hydrogen (secondary N) is 1. The number of rotatable bonds is 8. The van der Waals surface area contributed by atoms with Gasteiger partial charge in [0.15, 0.2) is 6.29 Å². The molecule has 0 aromatic carbocycles. The Bertz CT molecular complexity index is 761. The van der Waals surface area contributed by atoms with Crippen LogP contribution in [0.5, 0.6) is 0 Å². The molecule has 3 rings (SSSR count). The third-order valence-electron chi connectivity index (χ3n) is 6.64. The topological polar surface area (TPSA) is 93.9 Å². The maximum atomic E-state index is 13.0. The van der Waals surface area contributed by atoms with E-state index >= 15 is 0 Å². The van der Waals surface area contributed by atoms with Gasteiger partial charge in [-0.1, -0.05) is 31.8 Å². The lowest BCUT2D eigenvalue weighted by Gasteiger charge is -2.35. The van der Waals surface area contributed by atoms with Crippen molar-refractivity contribution in [3.8, 4) is 0 Å². The fourth-order valence-corrected chi connectivity index (χ4v) is 4.01. The van der Waals surface area contributed by atoms with Gasteiger partial charge in [-0.05, 0) is 46.0 Å². The van der Waals surface area contributed by atoms with E-state index in [0.717, 1.165) is 51.6 Å². The standard InChI is InChI=1S/C23H37N3O5/c1-22(2,15-30-19-12-8-9-13-29-19)17-14-18(31-25-17)24-21(28)23(3,4)26(5)20(27)16-10-6-7-11-16/h14,16,19H,6-13,15H2,1-5H3,(H,24,28). The number of amides is 2. The van der Waals surface area contributed by atoms with E-state index in [2.05, 4.69) is 10.5 Å². The van der Waals surface area contributed by atoms with Crippen molar-refractivity contribution in [3.05, 3.63) is 11.8 Å². The highest BCUT2D eigenvalue weighted by molar-refractivity contribution is 5.99. The molecular formula is C23H37N3O5. The molecule has 1 unspecified atom stereocenters. The van der Waals surface area contributed by atoms with E-state index in [1.165, 1.54) is 0 Å². The Hall–Kier alpha value is -1.93. The van der Waals surface area contributed by atoms with Crippen LogP contribution in [0.15, 0.2) is 10.6 Å². The monoisotopic (exact) mass is 435 g/mol. The van der Waals surface area contributed by atoms with Crippen molar-refractivity contribution >= 4 is 17.7 Å². The van der Waals surface area contributed by atoms with Crippen molar-refractivity contribution < 1.29 is 23.6 Å². The molecule has 1 aliphatic carbocycles. The molecule has 2 aliphatic rings. The molecule has 2 heterocycles. The molecular weight excluding hydrogens is 398 g/mol.